The van der Waals surface area contributed by atoms with Gasteiger partial charge in [-0.1, -0.05) is 37.0 Å². The van der Waals surface area contributed by atoms with Crippen molar-refractivity contribution in [3.8, 4) is 5.75 Å². The van der Waals surface area contributed by atoms with Gasteiger partial charge in [-0.25, -0.2) is 8.42 Å². The average Bonchev–Trinajstić information content (AvgIpc) is 2.59. The first-order valence-corrected chi connectivity index (χ1v) is 10.4. The maximum absolute atomic E-state index is 12.2. The second-order valence-electron chi connectivity index (χ2n) is 6.22. The lowest BCUT2D eigenvalue weighted by atomic mass is 10.1. The topological polar surface area (TPSA) is 84.5 Å². The number of ether oxygens (including phenoxy) is 1. The first-order valence-electron chi connectivity index (χ1n) is 8.18. The fourth-order valence-electron chi connectivity index (χ4n) is 2.04. The van der Waals surface area contributed by atoms with Gasteiger partial charge in [-0.05, 0) is 54.8 Å². The van der Waals surface area contributed by atoms with Crippen molar-refractivity contribution >= 4 is 39.1 Å². The summed E-state index contributed by atoms with van der Waals surface area (Å²) in [6, 6.07) is 10.3. The molecule has 0 atom stereocenters. The number of rotatable bonds is 8. The molecule has 0 bridgehead atoms. The predicted octanol–water partition coefficient (Wildman–Crippen LogP) is 4.04. The fraction of sp³-hybridized carbons (Fsp3) is 0.278. The largest absolute Gasteiger partial charge is 0.494 e. The van der Waals surface area contributed by atoms with Crippen LogP contribution in [0.25, 0.3) is 0 Å². The van der Waals surface area contributed by atoms with Gasteiger partial charge in [-0.3, -0.25) is 10.2 Å². The molecule has 0 radical (unpaired) electrons. The minimum absolute atomic E-state index is 0.158. The molecule has 27 heavy (non-hydrogen) atoms. The van der Waals surface area contributed by atoms with Gasteiger partial charge in [0, 0.05) is 15.6 Å². The molecule has 0 unspecified atom stereocenters. The number of hydrogen-bond acceptors (Lipinski definition) is 4. The summed E-state index contributed by atoms with van der Waals surface area (Å²) in [5.41, 5.74) is 2.43. The monoisotopic (exact) mass is 430 g/mol. The Morgan fingerprint density at radius 3 is 2.22 bits per heavy atom. The van der Waals surface area contributed by atoms with Crippen LogP contribution in [0.4, 0.5) is 0 Å². The first-order chi connectivity index (χ1) is 12.7. The highest BCUT2D eigenvalue weighted by Crippen LogP contribution is 2.22. The molecule has 9 heteroatoms. The normalized spacial score (nSPS) is 11.4. The summed E-state index contributed by atoms with van der Waals surface area (Å²) in [6.07, 6.45) is 0.928. The van der Waals surface area contributed by atoms with Gasteiger partial charge in [-0.15, -0.1) is 4.83 Å². The number of halogens is 2. The van der Waals surface area contributed by atoms with Crippen LogP contribution in [0.2, 0.25) is 10.0 Å². The van der Waals surface area contributed by atoms with E-state index < -0.39 is 15.9 Å². The molecule has 2 aromatic rings. The Morgan fingerprint density at radius 1 is 1.07 bits per heavy atom. The third-order valence-corrected chi connectivity index (χ3v) is 5.19. The van der Waals surface area contributed by atoms with E-state index in [1.165, 1.54) is 18.2 Å². The van der Waals surface area contributed by atoms with E-state index >= 15 is 0 Å². The zero-order valence-electron chi connectivity index (χ0n) is 14.8. The van der Waals surface area contributed by atoms with Gasteiger partial charge < -0.3 is 4.74 Å². The molecule has 0 fully saturated rings. The first kappa shape index (κ1) is 21.5. The Balaban J connectivity index is 1.96. The summed E-state index contributed by atoms with van der Waals surface area (Å²) in [6.45, 7) is 4.80. The molecule has 0 saturated heterocycles. The molecule has 0 aliphatic carbocycles. The third-order valence-electron chi connectivity index (χ3n) is 3.53. The summed E-state index contributed by atoms with van der Waals surface area (Å²) < 4.78 is 30.1. The van der Waals surface area contributed by atoms with Gasteiger partial charge in [0.2, 0.25) is 0 Å². The molecule has 0 aromatic heterocycles. The molecule has 0 heterocycles. The highest BCUT2D eigenvalue weighted by molar-refractivity contribution is 7.89. The standard InChI is InChI=1S/C18H20Cl2N2O4S/c1-12(2)7-8-26-16-5-3-13(4-6-16)18(23)21-22-27(24,25)17-10-14(19)9-15(20)11-17/h3-6,9-12,22H,7-8H2,1-2H3,(H,21,23). The lowest BCUT2D eigenvalue weighted by Gasteiger charge is -2.10. The van der Waals surface area contributed by atoms with Crippen molar-refractivity contribution in [3.05, 3.63) is 58.1 Å². The van der Waals surface area contributed by atoms with Gasteiger partial charge in [0.1, 0.15) is 5.75 Å². The molecule has 0 spiro atoms. The van der Waals surface area contributed by atoms with E-state index in [0.29, 0.717) is 18.3 Å². The highest BCUT2D eigenvalue weighted by Gasteiger charge is 2.17. The lowest BCUT2D eigenvalue weighted by molar-refractivity contribution is 0.0945. The van der Waals surface area contributed by atoms with Crippen LogP contribution in [-0.4, -0.2) is 20.9 Å². The van der Waals surface area contributed by atoms with E-state index in [-0.39, 0.29) is 20.5 Å². The van der Waals surface area contributed by atoms with E-state index in [1.807, 2.05) is 4.83 Å². The van der Waals surface area contributed by atoms with Crippen molar-refractivity contribution in [2.24, 2.45) is 5.92 Å². The molecule has 146 valence electrons. The van der Waals surface area contributed by atoms with Crippen LogP contribution < -0.4 is 15.0 Å². The number of hydrazine groups is 1. The Morgan fingerprint density at radius 2 is 1.67 bits per heavy atom. The van der Waals surface area contributed by atoms with Crippen molar-refractivity contribution in [2.75, 3.05) is 6.61 Å². The Bertz CT molecular complexity index is 880. The second kappa shape index (κ2) is 9.41. The van der Waals surface area contributed by atoms with E-state index in [2.05, 4.69) is 19.3 Å². The van der Waals surface area contributed by atoms with Crippen molar-refractivity contribution in [3.63, 3.8) is 0 Å². The van der Waals surface area contributed by atoms with Gasteiger partial charge in [-0.2, -0.15) is 0 Å². The number of hydrogen-bond donors (Lipinski definition) is 2. The summed E-state index contributed by atoms with van der Waals surface area (Å²) >= 11 is 11.6. The number of carbonyl (C=O) groups excluding carboxylic acids is 1. The number of benzene rings is 2. The van der Waals surface area contributed by atoms with Crippen molar-refractivity contribution in [1.82, 2.24) is 10.3 Å². The van der Waals surface area contributed by atoms with Gasteiger partial charge in [0.25, 0.3) is 15.9 Å². The van der Waals surface area contributed by atoms with E-state index in [4.69, 9.17) is 27.9 Å². The number of amides is 1. The summed E-state index contributed by atoms with van der Waals surface area (Å²) in [4.78, 5) is 14.0. The van der Waals surface area contributed by atoms with Crippen LogP contribution in [0.3, 0.4) is 0 Å². The number of carbonyl (C=O) groups is 1. The zero-order chi connectivity index (χ0) is 20.0. The van der Waals surface area contributed by atoms with Crippen LogP contribution in [0.5, 0.6) is 5.75 Å². The predicted molar refractivity (Wildman–Crippen MR) is 106 cm³/mol. The summed E-state index contributed by atoms with van der Waals surface area (Å²) in [7, 11) is -4.01. The molecule has 2 N–H and O–H groups in total. The molecule has 0 aliphatic rings. The second-order valence-corrected chi connectivity index (χ2v) is 8.78. The molecule has 0 aliphatic heterocycles. The van der Waals surface area contributed by atoms with Crippen molar-refractivity contribution in [1.29, 1.82) is 0 Å². The van der Waals surface area contributed by atoms with E-state index in [0.717, 1.165) is 6.42 Å². The van der Waals surface area contributed by atoms with Gasteiger partial charge in [0.15, 0.2) is 0 Å². The quantitative estimate of drug-likeness (QED) is 0.618. The Hall–Kier alpha value is -1.80. The SMILES string of the molecule is CC(C)CCOc1ccc(C(=O)NNS(=O)(=O)c2cc(Cl)cc(Cl)c2)cc1. The maximum Gasteiger partial charge on any atom is 0.266 e. The smallest absolute Gasteiger partial charge is 0.266 e. The van der Waals surface area contributed by atoms with Gasteiger partial charge in [0.05, 0.1) is 11.5 Å². The number of sulfonamides is 1. The Kier molecular flexibility index (Phi) is 7.49. The minimum Gasteiger partial charge on any atom is -0.494 e. The molecule has 2 rings (SSSR count). The summed E-state index contributed by atoms with van der Waals surface area (Å²) in [5, 5.41) is 0.338. The molecule has 6 nitrogen and oxygen atoms in total. The van der Waals surface area contributed by atoms with Gasteiger partial charge >= 0.3 is 0 Å². The van der Waals surface area contributed by atoms with Crippen LogP contribution in [0.1, 0.15) is 30.6 Å². The molecule has 2 aromatic carbocycles. The van der Waals surface area contributed by atoms with Crippen LogP contribution in [0, 0.1) is 5.92 Å². The van der Waals surface area contributed by atoms with Crippen LogP contribution >= 0.6 is 23.2 Å². The third kappa shape index (κ3) is 6.70. The molecular formula is C18H20Cl2N2O4S. The van der Waals surface area contributed by atoms with E-state index in [1.54, 1.807) is 24.3 Å². The zero-order valence-corrected chi connectivity index (χ0v) is 17.2. The van der Waals surface area contributed by atoms with Crippen LogP contribution in [0.15, 0.2) is 47.4 Å². The summed E-state index contributed by atoms with van der Waals surface area (Å²) in [5.74, 6) is 0.569. The Labute approximate surface area is 168 Å². The van der Waals surface area contributed by atoms with Crippen molar-refractivity contribution < 1.29 is 17.9 Å². The number of nitrogens with one attached hydrogen (secondary N) is 2. The average molecular weight is 431 g/mol. The van der Waals surface area contributed by atoms with E-state index in [9.17, 15) is 13.2 Å². The molecule has 0 saturated carbocycles. The van der Waals surface area contributed by atoms with Crippen LogP contribution in [-0.2, 0) is 10.0 Å². The molecule has 1 amide bonds. The molecular weight excluding hydrogens is 411 g/mol. The fourth-order valence-corrected chi connectivity index (χ4v) is 3.61. The van der Waals surface area contributed by atoms with Crippen molar-refractivity contribution in [2.45, 2.75) is 25.2 Å². The highest BCUT2D eigenvalue weighted by atomic mass is 35.5. The minimum atomic E-state index is -4.01. The lowest BCUT2D eigenvalue weighted by Crippen LogP contribution is -2.41. The maximum atomic E-state index is 12.2.